The highest BCUT2D eigenvalue weighted by Crippen LogP contribution is 2.28. The van der Waals surface area contributed by atoms with E-state index in [-0.39, 0.29) is 11.1 Å². The van der Waals surface area contributed by atoms with E-state index in [9.17, 15) is 25.0 Å². The lowest BCUT2D eigenvalue weighted by Crippen LogP contribution is -2.27. The molecule has 1 unspecified atom stereocenters. The number of amides is 1. The van der Waals surface area contributed by atoms with Crippen LogP contribution in [0.15, 0.2) is 36.7 Å². The van der Waals surface area contributed by atoms with Crippen LogP contribution >= 0.6 is 0 Å². The maximum absolute atomic E-state index is 12.4. The fraction of sp³-hybridized carbons (Fsp3) is 0.200. The van der Waals surface area contributed by atoms with Gasteiger partial charge in [-0.15, -0.1) is 0 Å². The third-order valence-electron chi connectivity index (χ3n) is 3.57. The summed E-state index contributed by atoms with van der Waals surface area (Å²) in [5, 5.41) is 24.7. The molecule has 1 N–H and O–H groups in total. The van der Waals surface area contributed by atoms with E-state index in [1.807, 2.05) is 0 Å². The van der Waals surface area contributed by atoms with E-state index in [1.165, 1.54) is 6.92 Å². The number of pyridine rings is 1. The number of hydrogen-bond acceptors (Lipinski definition) is 6. The predicted octanol–water partition coefficient (Wildman–Crippen LogP) is 2.70. The molecule has 0 radical (unpaired) electrons. The lowest BCUT2D eigenvalue weighted by atomic mass is 10.0. The molecule has 0 bridgehead atoms. The number of nitro benzene ring substituents is 2. The van der Waals surface area contributed by atoms with Crippen molar-refractivity contribution in [3.63, 3.8) is 0 Å². The summed E-state index contributed by atoms with van der Waals surface area (Å²) in [6, 6.07) is 4.93. The van der Waals surface area contributed by atoms with Gasteiger partial charge in [-0.1, -0.05) is 0 Å². The number of nitrogens with zero attached hydrogens (tertiary/aromatic N) is 3. The Morgan fingerprint density at radius 3 is 2.33 bits per heavy atom. The molecule has 2 aromatic rings. The molecule has 1 heterocycles. The Bertz CT molecular complexity index is 807. The molecule has 1 amide bonds. The van der Waals surface area contributed by atoms with Gasteiger partial charge in [0.05, 0.1) is 27.5 Å². The number of aromatic nitrogens is 1. The number of hydrogen-bond donors (Lipinski definition) is 1. The molecule has 1 atom stereocenters. The zero-order valence-corrected chi connectivity index (χ0v) is 12.9. The Morgan fingerprint density at radius 1 is 1.17 bits per heavy atom. The Balaban J connectivity index is 2.38. The number of nitro groups is 2. The van der Waals surface area contributed by atoms with Gasteiger partial charge >= 0.3 is 0 Å². The minimum atomic E-state index is -0.768. The molecule has 124 valence electrons. The molecular formula is C15H14N4O5. The Kier molecular flexibility index (Phi) is 4.83. The Labute approximate surface area is 136 Å². The zero-order valence-electron chi connectivity index (χ0n) is 12.9. The average molecular weight is 330 g/mol. The second kappa shape index (κ2) is 6.82. The fourth-order valence-corrected chi connectivity index (χ4v) is 2.22. The van der Waals surface area contributed by atoms with Crippen molar-refractivity contribution < 1.29 is 14.6 Å². The molecule has 0 aliphatic rings. The zero-order chi connectivity index (χ0) is 17.9. The number of nitrogens with one attached hydrogen (secondary N) is 1. The number of non-ortho nitro benzene ring substituents is 1. The van der Waals surface area contributed by atoms with Crippen LogP contribution in [-0.2, 0) is 0 Å². The SMILES string of the molecule is Cc1c(C(=O)NC(C)c2ccncc2)cc([N+](=O)[O-])cc1[N+](=O)[O-]. The van der Waals surface area contributed by atoms with Gasteiger partial charge in [0.25, 0.3) is 17.3 Å². The highest BCUT2D eigenvalue weighted by atomic mass is 16.6. The highest BCUT2D eigenvalue weighted by molar-refractivity contribution is 5.97. The standard InChI is InChI=1S/C15H14N4O5/c1-9-13(7-12(18(21)22)8-14(9)19(23)24)15(20)17-10(2)11-3-5-16-6-4-11/h3-8,10H,1-2H3,(H,17,20). The van der Waals surface area contributed by atoms with Crippen LogP contribution in [0.2, 0.25) is 0 Å². The molecule has 9 heteroatoms. The normalized spacial score (nSPS) is 11.6. The van der Waals surface area contributed by atoms with Gasteiger partial charge in [-0.05, 0) is 31.5 Å². The molecular weight excluding hydrogens is 316 g/mol. The van der Waals surface area contributed by atoms with Crippen LogP contribution in [0, 0.1) is 27.2 Å². The second-order valence-corrected chi connectivity index (χ2v) is 5.13. The van der Waals surface area contributed by atoms with Crippen molar-refractivity contribution in [2.75, 3.05) is 0 Å². The van der Waals surface area contributed by atoms with Crippen LogP contribution in [0.5, 0.6) is 0 Å². The summed E-state index contributed by atoms with van der Waals surface area (Å²) in [6.45, 7) is 3.11. The summed E-state index contributed by atoms with van der Waals surface area (Å²) in [5.41, 5.74) is -0.210. The van der Waals surface area contributed by atoms with Gasteiger partial charge in [0.1, 0.15) is 0 Å². The topological polar surface area (TPSA) is 128 Å². The quantitative estimate of drug-likeness (QED) is 0.663. The number of carbonyl (C=O) groups excluding carboxylic acids is 1. The molecule has 0 fully saturated rings. The second-order valence-electron chi connectivity index (χ2n) is 5.13. The van der Waals surface area contributed by atoms with Crippen LogP contribution < -0.4 is 5.32 Å². The smallest absolute Gasteiger partial charge is 0.279 e. The van der Waals surface area contributed by atoms with Crippen molar-refractivity contribution in [3.05, 3.63) is 73.6 Å². The van der Waals surface area contributed by atoms with Crippen LogP contribution in [0.1, 0.15) is 34.5 Å². The van der Waals surface area contributed by atoms with E-state index >= 15 is 0 Å². The predicted molar refractivity (Wildman–Crippen MR) is 84.6 cm³/mol. The Hall–Kier alpha value is -3.36. The molecule has 2 rings (SSSR count). The van der Waals surface area contributed by atoms with Crippen LogP contribution in [0.3, 0.4) is 0 Å². The van der Waals surface area contributed by atoms with Crippen molar-refractivity contribution >= 4 is 17.3 Å². The molecule has 0 saturated carbocycles. The first-order chi connectivity index (χ1) is 11.3. The monoisotopic (exact) mass is 330 g/mol. The summed E-state index contributed by atoms with van der Waals surface area (Å²) in [7, 11) is 0. The van der Waals surface area contributed by atoms with Crippen molar-refractivity contribution in [2.24, 2.45) is 0 Å². The molecule has 24 heavy (non-hydrogen) atoms. The van der Waals surface area contributed by atoms with E-state index in [4.69, 9.17) is 0 Å². The van der Waals surface area contributed by atoms with Gasteiger partial charge in [0.15, 0.2) is 0 Å². The van der Waals surface area contributed by atoms with E-state index < -0.39 is 33.2 Å². The fourth-order valence-electron chi connectivity index (χ4n) is 2.22. The molecule has 1 aromatic heterocycles. The summed E-state index contributed by atoms with van der Waals surface area (Å²) >= 11 is 0. The van der Waals surface area contributed by atoms with Crippen molar-refractivity contribution in [1.29, 1.82) is 0 Å². The van der Waals surface area contributed by atoms with Crippen molar-refractivity contribution in [3.8, 4) is 0 Å². The van der Waals surface area contributed by atoms with E-state index in [0.29, 0.717) is 0 Å². The first kappa shape index (κ1) is 17.0. The average Bonchev–Trinajstić information content (AvgIpc) is 2.55. The molecule has 0 aliphatic heterocycles. The van der Waals surface area contributed by atoms with Gasteiger partial charge in [-0.25, -0.2) is 0 Å². The summed E-state index contributed by atoms with van der Waals surface area (Å²) < 4.78 is 0. The van der Waals surface area contributed by atoms with Crippen LogP contribution in [-0.4, -0.2) is 20.7 Å². The van der Waals surface area contributed by atoms with Gasteiger partial charge in [0, 0.05) is 24.0 Å². The first-order valence-electron chi connectivity index (χ1n) is 6.95. The third-order valence-corrected chi connectivity index (χ3v) is 3.57. The number of rotatable bonds is 5. The van der Waals surface area contributed by atoms with E-state index in [2.05, 4.69) is 10.3 Å². The van der Waals surface area contributed by atoms with Gasteiger partial charge in [-0.2, -0.15) is 0 Å². The van der Waals surface area contributed by atoms with E-state index in [1.54, 1.807) is 31.5 Å². The van der Waals surface area contributed by atoms with E-state index in [0.717, 1.165) is 17.7 Å². The number of carbonyl (C=O) groups is 1. The van der Waals surface area contributed by atoms with Crippen molar-refractivity contribution in [1.82, 2.24) is 10.3 Å². The molecule has 0 spiro atoms. The highest BCUT2D eigenvalue weighted by Gasteiger charge is 2.25. The maximum atomic E-state index is 12.4. The first-order valence-corrected chi connectivity index (χ1v) is 6.95. The van der Waals surface area contributed by atoms with Crippen LogP contribution in [0.4, 0.5) is 11.4 Å². The third kappa shape index (κ3) is 3.51. The number of benzene rings is 1. The Morgan fingerprint density at radius 2 is 1.79 bits per heavy atom. The summed E-state index contributed by atoms with van der Waals surface area (Å²) in [5.74, 6) is -0.622. The minimum Gasteiger partial charge on any atom is -0.346 e. The lowest BCUT2D eigenvalue weighted by Gasteiger charge is -2.15. The molecule has 1 aromatic carbocycles. The minimum absolute atomic E-state index is 0.0741. The lowest BCUT2D eigenvalue weighted by molar-refractivity contribution is -0.394. The molecule has 0 aliphatic carbocycles. The molecule has 9 nitrogen and oxygen atoms in total. The van der Waals surface area contributed by atoms with Gasteiger partial charge < -0.3 is 5.32 Å². The summed E-state index contributed by atoms with van der Waals surface area (Å²) in [6.07, 6.45) is 3.14. The summed E-state index contributed by atoms with van der Waals surface area (Å²) in [4.78, 5) is 36.8. The van der Waals surface area contributed by atoms with Crippen molar-refractivity contribution in [2.45, 2.75) is 19.9 Å². The largest absolute Gasteiger partial charge is 0.346 e. The molecule has 0 saturated heterocycles. The van der Waals surface area contributed by atoms with Crippen LogP contribution in [0.25, 0.3) is 0 Å². The van der Waals surface area contributed by atoms with Gasteiger partial charge in [0.2, 0.25) is 0 Å². The maximum Gasteiger partial charge on any atom is 0.279 e. The van der Waals surface area contributed by atoms with Gasteiger partial charge in [-0.3, -0.25) is 30.0 Å².